The Morgan fingerprint density at radius 2 is 1.28 bits per heavy atom. The Morgan fingerprint density at radius 1 is 0.889 bits per heavy atom. The fourth-order valence-electron chi connectivity index (χ4n) is 1.84. The van der Waals surface area contributed by atoms with Crippen molar-refractivity contribution in [1.82, 2.24) is 0 Å². The van der Waals surface area contributed by atoms with Gasteiger partial charge >= 0.3 is 0 Å². The molecule has 0 bridgehead atoms. The highest BCUT2D eigenvalue weighted by molar-refractivity contribution is 4.46. The van der Waals surface area contributed by atoms with E-state index in [0.717, 1.165) is 11.0 Å². The van der Waals surface area contributed by atoms with Gasteiger partial charge in [-0.25, -0.2) is 0 Å². The first-order valence-electron chi connectivity index (χ1n) is 7.01. The zero-order chi connectivity index (χ0) is 12.4. The molecule has 2 nitrogen and oxygen atoms in total. The highest BCUT2D eigenvalue weighted by Gasteiger charge is 2.19. The Balaban J connectivity index is -0.00000112. The third kappa shape index (κ3) is 13.1. The topological polar surface area (TPSA) is 20.2 Å². The molecule has 0 rings (SSSR count). The average molecular weight is 346 g/mol. The number of hydrogen-bond acceptors (Lipinski definition) is 1. The quantitative estimate of drug-likeness (QED) is 0.265. The van der Waals surface area contributed by atoms with E-state index in [0.29, 0.717) is 0 Å². The molecule has 0 aromatic heterocycles. The summed E-state index contributed by atoms with van der Waals surface area (Å²) in [5, 5.41) is 9.55. The zero-order valence-corrected chi connectivity index (χ0v) is 14.9. The van der Waals surface area contributed by atoms with Crippen molar-refractivity contribution in [2.75, 3.05) is 20.6 Å². The molecule has 0 radical (unpaired) electrons. The molecule has 4 heteroatoms. The van der Waals surface area contributed by atoms with Crippen LogP contribution in [0.1, 0.15) is 65.2 Å². The first-order chi connectivity index (χ1) is 7.50. The number of unbranched alkanes of at least 4 members (excludes halogenated alkanes) is 7. The Bertz CT molecular complexity index is 166. The molecule has 18 heavy (non-hydrogen) atoms. The molecule has 0 fully saturated rings. The Kier molecular flexibility index (Phi) is 18.6. The lowest BCUT2D eigenvalue weighted by atomic mass is 10.1. The number of hydrogen-bond donors (Lipinski definition) is 1. The van der Waals surface area contributed by atoms with E-state index in [1.807, 2.05) is 6.92 Å². The molecule has 0 aromatic rings. The lowest BCUT2D eigenvalue weighted by molar-refractivity contribution is -0.934. The van der Waals surface area contributed by atoms with Crippen molar-refractivity contribution >= 4 is 0 Å². The van der Waals surface area contributed by atoms with Crippen molar-refractivity contribution in [3.63, 3.8) is 0 Å². The van der Waals surface area contributed by atoms with E-state index in [2.05, 4.69) is 21.0 Å². The first kappa shape index (κ1) is 23.8. The highest BCUT2D eigenvalue weighted by Crippen LogP contribution is 2.11. The number of nitrogens with zero attached hydrogens (tertiary/aromatic N) is 1. The molecule has 0 aromatic carbocycles. The van der Waals surface area contributed by atoms with E-state index in [1.165, 1.54) is 51.4 Å². The lowest BCUT2D eigenvalue weighted by Gasteiger charge is -2.32. The molecule has 0 aliphatic heterocycles. The van der Waals surface area contributed by atoms with Crippen LogP contribution in [0.4, 0.5) is 0 Å². The maximum Gasteiger partial charge on any atom is 0.187 e. The van der Waals surface area contributed by atoms with Crippen molar-refractivity contribution in [2.24, 2.45) is 0 Å². The number of aliphatic hydroxyl groups is 1. The minimum absolute atomic E-state index is 0. The number of rotatable bonds is 10. The van der Waals surface area contributed by atoms with Gasteiger partial charge in [0.15, 0.2) is 6.23 Å². The van der Waals surface area contributed by atoms with Crippen LogP contribution in [0.2, 0.25) is 0 Å². The predicted octanol–water partition coefficient (Wildman–Crippen LogP) is -2.45. The lowest BCUT2D eigenvalue weighted by Crippen LogP contribution is -3.00. The van der Waals surface area contributed by atoms with Gasteiger partial charge in [0, 0.05) is 6.92 Å². The molecule has 0 spiro atoms. The second kappa shape index (κ2) is 14.1. The Morgan fingerprint density at radius 3 is 1.67 bits per heavy atom. The Labute approximate surface area is 131 Å². The summed E-state index contributed by atoms with van der Waals surface area (Å²) < 4.78 is 0.732. The summed E-state index contributed by atoms with van der Waals surface area (Å²) in [6.45, 7) is 5.23. The van der Waals surface area contributed by atoms with Crippen molar-refractivity contribution in [1.29, 1.82) is 0 Å². The second-order valence-corrected chi connectivity index (χ2v) is 5.61. The second-order valence-electron chi connectivity index (χ2n) is 5.61. The summed E-state index contributed by atoms with van der Waals surface area (Å²) in [5.41, 5.74) is 0. The van der Waals surface area contributed by atoms with E-state index >= 15 is 0 Å². The molecule has 1 unspecified atom stereocenters. The monoisotopic (exact) mass is 344 g/mol. The molecule has 114 valence electrons. The maximum absolute atomic E-state index is 9.55. The predicted molar refractivity (Wildman–Crippen MR) is 71.3 cm³/mol. The number of halogens is 2. The average Bonchev–Trinajstić information content (AvgIpc) is 2.21. The fraction of sp³-hybridized carbons (Fsp3) is 1.00. The minimum atomic E-state index is -0.246. The minimum Gasteiger partial charge on any atom is -1.00 e. The van der Waals surface area contributed by atoms with Gasteiger partial charge in [0.25, 0.3) is 0 Å². The molecule has 0 saturated carbocycles. The maximum atomic E-state index is 9.55. The van der Waals surface area contributed by atoms with Crippen LogP contribution in [0.25, 0.3) is 0 Å². The summed E-state index contributed by atoms with van der Waals surface area (Å²) >= 11 is 0. The molecule has 0 saturated heterocycles. The largest absolute Gasteiger partial charge is 1.00 e. The van der Waals surface area contributed by atoms with Crippen molar-refractivity contribution in [3.8, 4) is 0 Å². The van der Waals surface area contributed by atoms with E-state index in [-0.39, 0.29) is 35.6 Å². The van der Waals surface area contributed by atoms with Gasteiger partial charge in [0.05, 0.1) is 20.6 Å². The molecule has 0 aliphatic carbocycles. The number of aliphatic hydroxyl groups excluding tert-OH is 1. The summed E-state index contributed by atoms with van der Waals surface area (Å²) in [5.74, 6) is 0. The third-order valence-electron chi connectivity index (χ3n) is 3.60. The van der Waals surface area contributed by atoms with Crippen LogP contribution in [-0.4, -0.2) is 36.5 Å². The zero-order valence-electron chi connectivity index (χ0n) is 12.6. The molecule has 0 heterocycles. The van der Waals surface area contributed by atoms with E-state index in [9.17, 15) is 5.11 Å². The summed E-state index contributed by atoms with van der Waals surface area (Å²) in [4.78, 5) is 0. The molecule has 1 N–H and O–H groups in total. The van der Waals surface area contributed by atoms with E-state index in [4.69, 9.17) is 0 Å². The van der Waals surface area contributed by atoms with Gasteiger partial charge in [-0.05, 0) is 12.8 Å². The van der Waals surface area contributed by atoms with Gasteiger partial charge in [-0.15, -0.1) is 0 Å². The van der Waals surface area contributed by atoms with Gasteiger partial charge in [-0.2, -0.15) is 0 Å². The van der Waals surface area contributed by atoms with Crippen molar-refractivity contribution in [3.05, 3.63) is 0 Å². The molecule has 0 amide bonds. The normalized spacial score (nSPS) is 12.5. The molecule has 0 aliphatic rings. The number of quaternary nitrogens is 1. The standard InChI is InChI=1S/C14H32NO.BrH.ClH/c1-5-6-7-8-9-10-11-12-13-15(3,4)14(2)16;;/h14,16H,5-13H2,1-4H3;2*1H/q+1;;/p-2. The molecule has 1 atom stereocenters. The smallest absolute Gasteiger partial charge is 0.187 e. The fourth-order valence-corrected chi connectivity index (χ4v) is 1.84. The highest BCUT2D eigenvalue weighted by atomic mass is 79.9. The van der Waals surface area contributed by atoms with Gasteiger partial charge in [-0.3, -0.25) is 0 Å². The van der Waals surface area contributed by atoms with Gasteiger partial charge < -0.3 is 39.0 Å². The van der Waals surface area contributed by atoms with Gasteiger partial charge in [-0.1, -0.05) is 45.4 Å². The van der Waals surface area contributed by atoms with Crippen LogP contribution in [0.15, 0.2) is 0 Å². The van der Waals surface area contributed by atoms with Crippen LogP contribution in [0, 0.1) is 0 Å². The SMILES string of the molecule is CCCCCCCCCC[N+](C)(C)C(C)O.[Br-].[Cl-]. The van der Waals surface area contributed by atoms with Crippen molar-refractivity contribution < 1.29 is 39.0 Å². The van der Waals surface area contributed by atoms with Crippen molar-refractivity contribution in [2.45, 2.75) is 71.4 Å². The van der Waals surface area contributed by atoms with E-state index in [1.54, 1.807) is 0 Å². The summed E-state index contributed by atoms with van der Waals surface area (Å²) in [6, 6.07) is 0. The summed E-state index contributed by atoms with van der Waals surface area (Å²) in [7, 11) is 4.21. The van der Waals surface area contributed by atoms with Crippen LogP contribution in [0.3, 0.4) is 0 Å². The first-order valence-corrected chi connectivity index (χ1v) is 7.01. The Hall–Kier alpha value is 0.690. The van der Waals surface area contributed by atoms with Crippen LogP contribution in [-0.2, 0) is 0 Å². The molecular weight excluding hydrogens is 314 g/mol. The van der Waals surface area contributed by atoms with Gasteiger partial charge in [0.1, 0.15) is 0 Å². The van der Waals surface area contributed by atoms with Crippen LogP contribution >= 0.6 is 0 Å². The van der Waals surface area contributed by atoms with Crippen LogP contribution < -0.4 is 29.4 Å². The summed E-state index contributed by atoms with van der Waals surface area (Å²) in [6.07, 6.45) is 10.6. The van der Waals surface area contributed by atoms with Gasteiger partial charge in [0.2, 0.25) is 0 Å². The third-order valence-corrected chi connectivity index (χ3v) is 3.60. The molecular formula is C14H32BrClNO-. The van der Waals surface area contributed by atoms with Crippen LogP contribution in [0.5, 0.6) is 0 Å². The van der Waals surface area contributed by atoms with E-state index < -0.39 is 0 Å².